The van der Waals surface area contributed by atoms with Crippen LogP contribution in [0.5, 0.6) is 0 Å². The summed E-state index contributed by atoms with van der Waals surface area (Å²) in [6, 6.07) is 13.2. The van der Waals surface area contributed by atoms with Gasteiger partial charge in [-0.3, -0.25) is 4.31 Å². The van der Waals surface area contributed by atoms with Crippen molar-refractivity contribution in [3.05, 3.63) is 59.7 Å². The predicted molar refractivity (Wildman–Crippen MR) is 105 cm³/mol. The Kier molecular flexibility index (Phi) is 5.02. The number of nitrogens with zero attached hydrogens (tertiary/aromatic N) is 1. The molecule has 1 N–H and O–H groups in total. The lowest BCUT2D eigenvalue weighted by Crippen LogP contribution is -2.31. The number of benzene rings is 2. The SMILES string of the molecule is CCCN(c1sc2ccccc2c1C)S(=O)(=O)c1ccc(C(=O)O)cc1. The van der Waals surface area contributed by atoms with Crippen LogP contribution >= 0.6 is 11.3 Å². The summed E-state index contributed by atoms with van der Waals surface area (Å²) in [5.41, 5.74) is 0.994. The molecule has 0 unspecified atom stereocenters. The zero-order valence-electron chi connectivity index (χ0n) is 14.5. The number of carboxylic acid groups (broad SMARTS) is 1. The molecule has 7 heteroatoms. The van der Waals surface area contributed by atoms with E-state index >= 15 is 0 Å². The first-order chi connectivity index (χ1) is 12.4. The monoisotopic (exact) mass is 389 g/mol. The van der Waals surface area contributed by atoms with Gasteiger partial charge in [0.2, 0.25) is 0 Å². The van der Waals surface area contributed by atoms with Crippen molar-refractivity contribution in [2.45, 2.75) is 25.2 Å². The van der Waals surface area contributed by atoms with Gasteiger partial charge in [0, 0.05) is 11.2 Å². The van der Waals surface area contributed by atoms with Crippen LogP contribution in [0.15, 0.2) is 53.4 Å². The van der Waals surface area contributed by atoms with Crippen LogP contribution in [0.2, 0.25) is 0 Å². The highest BCUT2D eigenvalue weighted by molar-refractivity contribution is 7.93. The maximum absolute atomic E-state index is 13.2. The minimum atomic E-state index is -3.78. The Morgan fingerprint density at radius 1 is 1.12 bits per heavy atom. The minimum absolute atomic E-state index is 0.0593. The Hall–Kier alpha value is -2.38. The van der Waals surface area contributed by atoms with Gasteiger partial charge in [0.15, 0.2) is 0 Å². The molecular weight excluding hydrogens is 370 g/mol. The van der Waals surface area contributed by atoms with Gasteiger partial charge in [-0.2, -0.15) is 0 Å². The second-order valence-electron chi connectivity index (χ2n) is 5.94. The maximum atomic E-state index is 13.2. The third kappa shape index (κ3) is 3.20. The van der Waals surface area contributed by atoms with Crippen LogP contribution in [0.4, 0.5) is 5.00 Å². The molecule has 1 heterocycles. The van der Waals surface area contributed by atoms with Crippen molar-refractivity contribution in [3.8, 4) is 0 Å². The van der Waals surface area contributed by atoms with Crippen LogP contribution < -0.4 is 4.31 Å². The summed E-state index contributed by atoms with van der Waals surface area (Å²) in [5, 5.41) is 10.8. The molecule has 0 amide bonds. The fourth-order valence-corrected chi connectivity index (χ4v) is 5.89. The van der Waals surface area contributed by atoms with Crippen LogP contribution in [-0.2, 0) is 10.0 Å². The van der Waals surface area contributed by atoms with E-state index in [4.69, 9.17) is 5.11 Å². The predicted octanol–water partition coefficient (Wildman–Crippen LogP) is 4.51. The quantitative estimate of drug-likeness (QED) is 0.673. The summed E-state index contributed by atoms with van der Waals surface area (Å²) in [6.07, 6.45) is 0.667. The standard InChI is InChI=1S/C19H19NO4S2/c1-3-12-20(18-13(2)16-6-4-5-7-17(16)25-18)26(23,24)15-10-8-14(9-11-15)19(21)22/h4-11H,3,12H2,1-2H3,(H,21,22). The lowest BCUT2D eigenvalue weighted by molar-refractivity contribution is 0.0696. The lowest BCUT2D eigenvalue weighted by Gasteiger charge is -2.23. The van der Waals surface area contributed by atoms with E-state index in [2.05, 4.69) is 0 Å². The number of carboxylic acids is 1. The maximum Gasteiger partial charge on any atom is 0.335 e. The summed E-state index contributed by atoms with van der Waals surface area (Å²) >= 11 is 1.45. The molecule has 5 nitrogen and oxygen atoms in total. The van der Waals surface area contributed by atoms with Gasteiger partial charge in [-0.1, -0.05) is 25.1 Å². The second kappa shape index (κ2) is 7.09. The van der Waals surface area contributed by atoms with Crippen molar-refractivity contribution in [2.24, 2.45) is 0 Å². The normalized spacial score (nSPS) is 11.6. The summed E-state index contributed by atoms with van der Waals surface area (Å²) < 4.78 is 28.9. The molecule has 3 aromatic rings. The van der Waals surface area contributed by atoms with Crippen molar-refractivity contribution in [2.75, 3.05) is 10.8 Å². The van der Waals surface area contributed by atoms with E-state index in [9.17, 15) is 13.2 Å². The number of carbonyl (C=O) groups is 1. The van der Waals surface area contributed by atoms with Crippen molar-refractivity contribution >= 4 is 42.4 Å². The number of aromatic carboxylic acids is 1. The Balaban J connectivity index is 2.10. The van der Waals surface area contributed by atoms with Crippen molar-refractivity contribution in [1.29, 1.82) is 0 Å². The van der Waals surface area contributed by atoms with E-state index in [1.165, 1.54) is 39.9 Å². The summed E-state index contributed by atoms with van der Waals surface area (Å²) in [5.74, 6) is -1.08. The average molecular weight is 389 g/mol. The first-order valence-electron chi connectivity index (χ1n) is 8.20. The molecule has 0 spiro atoms. The number of fused-ring (bicyclic) bond motifs is 1. The Labute approximate surface area is 156 Å². The fourth-order valence-electron chi connectivity index (χ4n) is 2.83. The number of sulfonamides is 1. The van der Waals surface area contributed by atoms with Crippen LogP contribution in [0.3, 0.4) is 0 Å². The molecule has 2 aromatic carbocycles. The van der Waals surface area contributed by atoms with E-state index in [1.807, 2.05) is 38.1 Å². The van der Waals surface area contributed by atoms with E-state index in [0.717, 1.165) is 15.6 Å². The lowest BCUT2D eigenvalue weighted by atomic mass is 10.2. The third-order valence-electron chi connectivity index (χ3n) is 4.16. The van der Waals surface area contributed by atoms with E-state index in [-0.39, 0.29) is 10.5 Å². The van der Waals surface area contributed by atoms with Gasteiger partial charge in [-0.05, 0) is 54.6 Å². The fraction of sp³-hybridized carbons (Fsp3) is 0.211. The first kappa shape index (κ1) is 18.4. The molecule has 0 saturated carbocycles. The number of anilines is 1. The highest BCUT2D eigenvalue weighted by atomic mass is 32.2. The number of rotatable bonds is 6. The molecule has 0 bridgehead atoms. The number of hydrogen-bond donors (Lipinski definition) is 1. The molecule has 136 valence electrons. The molecule has 0 aliphatic rings. The summed E-state index contributed by atoms with van der Waals surface area (Å²) in [7, 11) is -3.78. The van der Waals surface area contributed by atoms with E-state index < -0.39 is 16.0 Å². The summed E-state index contributed by atoms with van der Waals surface area (Å²) in [4.78, 5) is 11.1. The molecule has 1 aromatic heterocycles. The molecule has 0 saturated heterocycles. The van der Waals surface area contributed by atoms with Crippen molar-refractivity contribution in [3.63, 3.8) is 0 Å². The van der Waals surface area contributed by atoms with Gasteiger partial charge in [0.25, 0.3) is 10.0 Å². The molecule has 0 fully saturated rings. The molecule has 0 aliphatic heterocycles. The number of thiophene rings is 1. The van der Waals surface area contributed by atoms with E-state index in [1.54, 1.807) is 0 Å². The molecular formula is C19H19NO4S2. The first-order valence-corrected chi connectivity index (χ1v) is 10.5. The van der Waals surface area contributed by atoms with Crippen LogP contribution in [0.1, 0.15) is 29.3 Å². The highest BCUT2D eigenvalue weighted by Crippen LogP contribution is 2.39. The van der Waals surface area contributed by atoms with Crippen LogP contribution in [0.25, 0.3) is 10.1 Å². The van der Waals surface area contributed by atoms with Gasteiger partial charge in [-0.15, -0.1) is 11.3 Å². The smallest absolute Gasteiger partial charge is 0.335 e. The zero-order valence-corrected chi connectivity index (χ0v) is 16.1. The van der Waals surface area contributed by atoms with Gasteiger partial charge in [0.05, 0.1) is 10.5 Å². The zero-order chi connectivity index (χ0) is 18.9. The molecule has 26 heavy (non-hydrogen) atoms. The van der Waals surface area contributed by atoms with Crippen LogP contribution in [0, 0.1) is 6.92 Å². The third-order valence-corrected chi connectivity index (χ3v) is 7.39. The van der Waals surface area contributed by atoms with Gasteiger partial charge in [-0.25, -0.2) is 13.2 Å². The average Bonchev–Trinajstić information content (AvgIpc) is 2.96. The summed E-state index contributed by atoms with van der Waals surface area (Å²) in [6.45, 7) is 4.22. The molecule has 0 aliphatic carbocycles. The molecule has 0 radical (unpaired) electrons. The Morgan fingerprint density at radius 2 is 1.77 bits per heavy atom. The second-order valence-corrected chi connectivity index (χ2v) is 8.83. The highest BCUT2D eigenvalue weighted by Gasteiger charge is 2.27. The minimum Gasteiger partial charge on any atom is -0.478 e. The van der Waals surface area contributed by atoms with Gasteiger partial charge in [0.1, 0.15) is 5.00 Å². The van der Waals surface area contributed by atoms with Gasteiger partial charge < -0.3 is 5.11 Å². The van der Waals surface area contributed by atoms with Gasteiger partial charge >= 0.3 is 5.97 Å². The van der Waals surface area contributed by atoms with Crippen molar-refractivity contribution in [1.82, 2.24) is 0 Å². The van der Waals surface area contributed by atoms with Crippen LogP contribution in [-0.4, -0.2) is 26.0 Å². The number of hydrogen-bond acceptors (Lipinski definition) is 4. The Morgan fingerprint density at radius 3 is 2.35 bits per heavy atom. The van der Waals surface area contributed by atoms with E-state index in [0.29, 0.717) is 18.0 Å². The number of aryl methyl sites for hydroxylation is 1. The Bertz CT molecular complexity index is 1050. The van der Waals surface area contributed by atoms with Crippen molar-refractivity contribution < 1.29 is 18.3 Å². The molecule has 3 rings (SSSR count). The largest absolute Gasteiger partial charge is 0.478 e. The topological polar surface area (TPSA) is 74.7 Å². The molecule has 0 atom stereocenters.